The number of aromatic amines is 1. The molecule has 70 valence electrons. The maximum absolute atomic E-state index is 4.33. The number of H-pyrrole nitrogens is 1. The van der Waals surface area contributed by atoms with Crippen molar-refractivity contribution in [2.45, 2.75) is 18.8 Å². The summed E-state index contributed by atoms with van der Waals surface area (Å²) in [6.07, 6.45) is 6.25. The van der Waals surface area contributed by atoms with Crippen molar-refractivity contribution < 1.29 is 0 Å². The maximum atomic E-state index is 4.33. The Morgan fingerprint density at radius 1 is 1.29 bits per heavy atom. The van der Waals surface area contributed by atoms with Gasteiger partial charge in [0.25, 0.3) is 0 Å². The minimum atomic E-state index is 0.689. The fraction of sp³-hybridized carbons (Fsp3) is 0.273. The van der Waals surface area contributed by atoms with E-state index in [1.54, 1.807) is 0 Å². The zero-order chi connectivity index (χ0) is 9.38. The summed E-state index contributed by atoms with van der Waals surface area (Å²) < 4.78 is 0. The first-order valence-electron chi connectivity index (χ1n) is 4.90. The molecular formula is C11H11N3. The Labute approximate surface area is 82.2 Å². The second kappa shape index (κ2) is 2.94. The zero-order valence-corrected chi connectivity index (χ0v) is 7.77. The van der Waals surface area contributed by atoms with E-state index >= 15 is 0 Å². The van der Waals surface area contributed by atoms with E-state index in [0.29, 0.717) is 5.92 Å². The molecule has 2 heterocycles. The van der Waals surface area contributed by atoms with Crippen LogP contribution in [0.5, 0.6) is 0 Å². The molecule has 2 aromatic heterocycles. The molecule has 0 unspecified atom stereocenters. The molecule has 0 amide bonds. The smallest absolute Gasteiger partial charge is 0.0736 e. The van der Waals surface area contributed by atoms with Crippen LogP contribution in [0.25, 0.3) is 11.3 Å². The molecule has 0 aromatic carbocycles. The number of hydrogen-bond acceptors (Lipinski definition) is 2. The topological polar surface area (TPSA) is 41.6 Å². The normalized spacial score (nSPS) is 15.7. The van der Waals surface area contributed by atoms with E-state index in [4.69, 9.17) is 0 Å². The summed E-state index contributed by atoms with van der Waals surface area (Å²) in [5.41, 5.74) is 3.43. The third-order valence-corrected chi connectivity index (χ3v) is 2.60. The van der Waals surface area contributed by atoms with Crippen molar-refractivity contribution in [1.29, 1.82) is 0 Å². The molecule has 0 atom stereocenters. The van der Waals surface area contributed by atoms with Gasteiger partial charge >= 0.3 is 0 Å². The van der Waals surface area contributed by atoms with Crippen molar-refractivity contribution in [3.8, 4) is 11.3 Å². The molecule has 3 heteroatoms. The third-order valence-electron chi connectivity index (χ3n) is 2.60. The Balaban J connectivity index is 2.07. The Morgan fingerprint density at radius 2 is 2.21 bits per heavy atom. The predicted octanol–water partition coefficient (Wildman–Crippen LogP) is 2.35. The van der Waals surface area contributed by atoms with Gasteiger partial charge in [0.05, 0.1) is 11.9 Å². The van der Waals surface area contributed by atoms with Gasteiger partial charge in [0.1, 0.15) is 0 Å². The average molecular weight is 185 g/mol. The first-order valence-corrected chi connectivity index (χ1v) is 4.90. The van der Waals surface area contributed by atoms with Crippen LogP contribution in [0.1, 0.15) is 24.5 Å². The van der Waals surface area contributed by atoms with Crippen molar-refractivity contribution in [2.24, 2.45) is 0 Å². The van der Waals surface area contributed by atoms with Crippen molar-refractivity contribution in [3.05, 3.63) is 36.3 Å². The summed E-state index contributed by atoms with van der Waals surface area (Å²) in [6, 6.07) is 5.96. The molecular weight excluding hydrogens is 174 g/mol. The van der Waals surface area contributed by atoms with E-state index in [9.17, 15) is 0 Å². The van der Waals surface area contributed by atoms with Gasteiger partial charge in [-0.1, -0.05) is 6.07 Å². The second-order valence-electron chi connectivity index (χ2n) is 3.69. The number of nitrogens with zero attached hydrogens (tertiary/aromatic N) is 2. The molecule has 3 rings (SSSR count). The van der Waals surface area contributed by atoms with Crippen LogP contribution < -0.4 is 0 Å². The van der Waals surface area contributed by atoms with Gasteiger partial charge in [-0.15, -0.1) is 0 Å². The lowest BCUT2D eigenvalue weighted by Gasteiger charge is -1.99. The van der Waals surface area contributed by atoms with Crippen LogP contribution in [-0.4, -0.2) is 15.2 Å². The Bertz CT molecular complexity index is 429. The molecule has 0 bridgehead atoms. The van der Waals surface area contributed by atoms with Gasteiger partial charge in [-0.25, -0.2) is 0 Å². The van der Waals surface area contributed by atoms with Gasteiger partial charge in [0.15, 0.2) is 0 Å². The molecule has 1 aliphatic rings. The van der Waals surface area contributed by atoms with Crippen LogP contribution in [0.4, 0.5) is 0 Å². The zero-order valence-electron chi connectivity index (χ0n) is 7.77. The van der Waals surface area contributed by atoms with Crippen LogP contribution in [0, 0.1) is 0 Å². The highest BCUT2D eigenvalue weighted by Gasteiger charge is 2.28. The molecule has 14 heavy (non-hydrogen) atoms. The molecule has 1 fully saturated rings. The quantitative estimate of drug-likeness (QED) is 0.780. The van der Waals surface area contributed by atoms with Gasteiger partial charge in [0, 0.05) is 23.4 Å². The van der Waals surface area contributed by atoms with E-state index in [0.717, 1.165) is 11.3 Å². The van der Waals surface area contributed by atoms with Crippen molar-refractivity contribution in [2.75, 3.05) is 0 Å². The summed E-state index contributed by atoms with van der Waals surface area (Å²) in [5.74, 6) is 0.689. The van der Waals surface area contributed by atoms with Gasteiger partial charge in [0.2, 0.25) is 0 Å². The lowest BCUT2D eigenvalue weighted by molar-refractivity contribution is 0.965. The van der Waals surface area contributed by atoms with E-state index in [-0.39, 0.29) is 0 Å². The van der Waals surface area contributed by atoms with Gasteiger partial charge in [-0.2, -0.15) is 5.10 Å². The van der Waals surface area contributed by atoms with Gasteiger partial charge in [-0.05, 0) is 25.0 Å². The minimum Gasteiger partial charge on any atom is -0.282 e. The molecule has 0 radical (unpaired) electrons. The minimum absolute atomic E-state index is 0.689. The van der Waals surface area contributed by atoms with Crippen molar-refractivity contribution >= 4 is 0 Å². The summed E-state index contributed by atoms with van der Waals surface area (Å²) in [4.78, 5) is 4.33. The SMILES string of the molecule is c1ccc(-c2cn[nH]c2C2CC2)nc1. The summed E-state index contributed by atoms with van der Waals surface area (Å²) in [5, 5.41) is 7.17. The number of pyridine rings is 1. The number of hydrogen-bond donors (Lipinski definition) is 1. The summed E-state index contributed by atoms with van der Waals surface area (Å²) in [6.45, 7) is 0. The molecule has 1 aliphatic carbocycles. The first-order chi connectivity index (χ1) is 6.95. The third kappa shape index (κ3) is 1.21. The van der Waals surface area contributed by atoms with Gasteiger partial charge in [-0.3, -0.25) is 10.1 Å². The molecule has 0 aliphatic heterocycles. The van der Waals surface area contributed by atoms with Crippen LogP contribution in [0.15, 0.2) is 30.6 Å². The van der Waals surface area contributed by atoms with Crippen molar-refractivity contribution in [1.82, 2.24) is 15.2 Å². The van der Waals surface area contributed by atoms with Crippen molar-refractivity contribution in [3.63, 3.8) is 0 Å². The van der Waals surface area contributed by atoms with E-state index < -0.39 is 0 Å². The van der Waals surface area contributed by atoms with E-state index in [2.05, 4.69) is 15.2 Å². The van der Waals surface area contributed by atoms with Crippen LogP contribution >= 0.6 is 0 Å². The number of rotatable bonds is 2. The molecule has 2 aromatic rings. The average Bonchev–Trinajstić information content (AvgIpc) is 2.98. The highest BCUT2D eigenvalue weighted by molar-refractivity contribution is 5.62. The molecule has 0 saturated heterocycles. The first kappa shape index (κ1) is 7.74. The summed E-state index contributed by atoms with van der Waals surface area (Å²) in [7, 11) is 0. The van der Waals surface area contributed by atoms with Gasteiger partial charge < -0.3 is 0 Å². The van der Waals surface area contributed by atoms with Crippen LogP contribution in [0.2, 0.25) is 0 Å². The molecule has 1 saturated carbocycles. The highest BCUT2D eigenvalue weighted by Crippen LogP contribution is 2.42. The molecule has 1 N–H and O–H groups in total. The van der Waals surface area contributed by atoms with E-state index in [1.165, 1.54) is 18.5 Å². The monoisotopic (exact) mass is 185 g/mol. The van der Waals surface area contributed by atoms with Crippen LogP contribution in [0.3, 0.4) is 0 Å². The number of aromatic nitrogens is 3. The predicted molar refractivity (Wildman–Crippen MR) is 53.8 cm³/mol. The Hall–Kier alpha value is -1.64. The standard InChI is InChI=1S/C11H11N3/c1-2-6-12-10(3-1)9-7-13-14-11(9)8-4-5-8/h1-3,6-8H,4-5H2,(H,13,14). The summed E-state index contributed by atoms with van der Waals surface area (Å²) >= 11 is 0. The molecule has 0 spiro atoms. The largest absolute Gasteiger partial charge is 0.282 e. The molecule has 3 nitrogen and oxygen atoms in total. The van der Waals surface area contributed by atoms with E-state index in [1.807, 2.05) is 30.6 Å². The fourth-order valence-electron chi connectivity index (χ4n) is 1.71. The Morgan fingerprint density at radius 3 is 2.93 bits per heavy atom. The second-order valence-corrected chi connectivity index (χ2v) is 3.69. The Kier molecular flexibility index (Phi) is 1.63. The highest BCUT2D eigenvalue weighted by atomic mass is 15.1. The number of nitrogens with one attached hydrogen (secondary N) is 1. The van der Waals surface area contributed by atoms with Crippen LogP contribution in [-0.2, 0) is 0 Å². The maximum Gasteiger partial charge on any atom is 0.0736 e. The fourth-order valence-corrected chi connectivity index (χ4v) is 1.71. The lowest BCUT2D eigenvalue weighted by Crippen LogP contribution is -1.86. The lowest BCUT2D eigenvalue weighted by atomic mass is 10.1.